The second kappa shape index (κ2) is 6.74. The maximum Gasteiger partial charge on any atom is 0.270 e. The molecule has 0 aliphatic heterocycles. The van der Waals surface area contributed by atoms with Gasteiger partial charge in [-0.2, -0.15) is 5.10 Å². The van der Waals surface area contributed by atoms with E-state index in [-0.39, 0.29) is 23.5 Å². The van der Waals surface area contributed by atoms with Crippen molar-refractivity contribution in [1.82, 2.24) is 20.4 Å². The molecule has 0 saturated heterocycles. The van der Waals surface area contributed by atoms with Gasteiger partial charge < -0.3 is 5.11 Å². The van der Waals surface area contributed by atoms with Crippen LogP contribution in [0.4, 0.5) is 5.69 Å². The first-order valence-corrected chi connectivity index (χ1v) is 7.12. The van der Waals surface area contributed by atoms with Crippen molar-refractivity contribution in [2.45, 2.75) is 6.54 Å². The maximum atomic E-state index is 11.9. The topological polar surface area (TPSA) is 136 Å². The third-order valence-corrected chi connectivity index (χ3v) is 3.33. The molecule has 1 heterocycles. The summed E-state index contributed by atoms with van der Waals surface area (Å²) in [4.78, 5) is 22.1. The molecular weight excluding hydrogens is 328 g/mol. The summed E-state index contributed by atoms with van der Waals surface area (Å²) in [6, 6.07) is 10.7. The molecule has 3 rings (SSSR count). The number of hydrogen-bond donors (Lipinski definition) is 2. The standard InChI is InChI=1S/C15H12N6O4/c22-14-6-5-11(21(24)25)7-10(14)8-16-18-15(23)9-20-13-4-2-1-3-12(13)17-19-20/h1-8,22H,9H2,(H,18,23)/b16-8+. The maximum absolute atomic E-state index is 11.9. The minimum atomic E-state index is -0.592. The van der Waals surface area contributed by atoms with Gasteiger partial charge in [0.05, 0.1) is 16.7 Å². The molecular formula is C15H12N6O4. The molecule has 1 amide bonds. The summed E-state index contributed by atoms with van der Waals surface area (Å²) in [7, 11) is 0. The van der Waals surface area contributed by atoms with E-state index >= 15 is 0 Å². The van der Waals surface area contributed by atoms with Crippen LogP contribution >= 0.6 is 0 Å². The van der Waals surface area contributed by atoms with Crippen molar-refractivity contribution in [3.63, 3.8) is 0 Å². The quantitative estimate of drug-likeness (QED) is 0.407. The molecule has 126 valence electrons. The molecule has 3 aromatic rings. The Balaban J connectivity index is 1.67. The van der Waals surface area contributed by atoms with Crippen LogP contribution < -0.4 is 5.43 Å². The molecule has 2 aromatic carbocycles. The number of benzene rings is 2. The molecule has 0 bridgehead atoms. The molecule has 10 heteroatoms. The molecule has 25 heavy (non-hydrogen) atoms. The number of aromatic nitrogens is 3. The molecule has 0 fully saturated rings. The van der Waals surface area contributed by atoms with Gasteiger partial charge >= 0.3 is 0 Å². The number of nitro benzene ring substituents is 1. The fraction of sp³-hybridized carbons (Fsp3) is 0.0667. The molecule has 0 unspecified atom stereocenters. The van der Waals surface area contributed by atoms with Crippen molar-refractivity contribution in [3.05, 3.63) is 58.1 Å². The number of carbonyl (C=O) groups excluding carboxylic acids is 1. The molecule has 10 nitrogen and oxygen atoms in total. The van der Waals surface area contributed by atoms with Gasteiger partial charge in [0.2, 0.25) is 0 Å². The van der Waals surface area contributed by atoms with Gasteiger partial charge in [0.1, 0.15) is 17.8 Å². The van der Waals surface area contributed by atoms with Gasteiger partial charge in [-0.05, 0) is 18.2 Å². The first kappa shape index (κ1) is 16.1. The molecule has 0 aliphatic carbocycles. The third-order valence-electron chi connectivity index (χ3n) is 3.33. The highest BCUT2D eigenvalue weighted by molar-refractivity contribution is 5.86. The number of non-ortho nitro benzene ring substituents is 1. The first-order chi connectivity index (χ1) is 12.0. The van der Waals surface area contributed by atoms with Crippen molar-refractivity contribution >= 4 is 28.8 Å². The Morgan fingerprint density at radius 2 is 2.16 bits per heavy atom. The lowest BCUT2D eigenvalue weighted by molar-refractivity contribution is -0.384. The normalized spacial score (nSPS) is 11.0. The number of amides is 1. The van der Waals surface area contributed by atoms with Crippen molar-refractivity contribution in [2.24, 2.45) is 5.10 Å². The van der Waals surface area contributed by atoms with E-state index in [9.17, 15) is 20.0 Å². The number of rotatable bonds is 5. The average Bonchev–Trinajstić information content (AvgIpc) is 2.99. The molecule has 0 aliphatic rings. The zero-order chi connectivity index (χ0) is 17.8. The van der Waals surface area contributed by atoms with Gasteiger partial charge in [-0.3, -0.25) is 14.9 Å². The highest BCUT2D eigenvalue weighted by Gasteiger charge is 2.10. The number of nitro groups is 1. The van der Waals surface area contributed by atoms with Crippen LogP contribution in [0.25, 0.3) is 11.0 Å². The number of carbonyl (C=O) groups is 1. The summed E-state index contributed by atoms with van der Waals surface area (Å²) in [5, 5.41) is 31.9. The van der Waals surface area contributed by atoms with Gasteiger partial charge in [0.15, 0.2) is 0 Å². The number of nitrogens with one attached hydrogen (secondary N) is 1. The van der Waals surface area contributed by atoms with Gasteiger partial charge in [-0.15, -0.1) is 5.10 Å². The second-order valence-electron chi connectivity index (χ2n) is 5.03. The number of aromatic hydroxyl groups is 1. The fourth-order valence-electron chi connectivity index (χ4n) is 2.14. The third kappa shape index (κ3) is 3.58. The van der Waals surface area contributed by atoms with Crippen LogP contribution in [0.1, 0.15) is 5.56 Å². The predicted molar refractivity (Wildman–Crippen MR) is 88.0 cm³/mol. The minimum Gasteiger partial charge on any atom is -0.507 e. The van der Waals surface area contributed by atoms with E-state index in [4.69, 9.17) is 0 Å². The van der Waals surface area contributed by atoms with Crippen molar-refractivity contribution in [3.8, 4) is 5.75 Å². The smallest absolute Gasteiger partial charge is 0.270 e. The fourth-order valence-corrected chi connectivity index (χ4v) is 2.14. The Morgan fingerprint density at radius 1 is 1.36 bits per heavy atom. The van der Waals surface area contributed by atoms with Crippen LogP contribution in [0.5, 0.6) is 5.75 Å². The van der Waals surface area contributed by atoms with E-state index in [0.717, 1.165) is 12.3 Å². The summed E-state index contributed by atoms with van der Waals surface area (Å²) in [5.41, 5.74) is 3.56. The van der Waals surface area contributed by atoms with Crippen LogP contribution in [0, 0.1) is 10.1 Å². The highest BCUT2D eigenvalue weighted by atomic mass is 16.6. The van der Waals surface area contributed by atoms with Crippen molar-refractivity contribution in [2.75, 3.05) is 0 Å². The Kier molecular flexibility index (Phi) is 4.33. The zero-order valence-electron chi connectivity index (χ0n) is 12.7. The van der Waals surface area contributed by atoms with Gasteiger partial charge in [-0.25, -0.2) is 10.1 Å². The Hall–Kier alpha value is -3.82. The van der Waals surface area contributed by atoms with E-state index in [1.165, 1.54) is 16.8 Å². The number of phenols is 1. The van der Waals surface area contributed by atoms with Crippen molar-refractivity contribution < 1.29 is 14.8 Å². The van der Waals surface area contributed by atoms with Gasteiger partial charge in [0.25, 0.3) is 11.6 Å². The van der Waals surface area contributed by atoms with Crippen LogP contribution in [-0.2, 0) is 11.3 Å². The van der Waals surface area contributed by atoms with Gasteiger partial charge in [-0.1, -0.05) is 17.3 Å². The SMILES string of the molecule is O=C(Cn1nnc2ccccc21)N/N=C/c1cc([N+](=O)[O-])ccc1O. The zero-order valence-corrected chi connectivity index (χ0v) is 12.7. The number of nitrogens with zero attached hydrogens (tertiary/aromatic N) is 5. The summed E-state index contributed by atoms with van der Waals surface area (Å²) < 4.78 is 1.42. The van der Waals surface area contributed by atoms with Crippen LogP contribution in [0.15, 0.2) is 47.6 Å². The molecule has 1 aromatic heterocycles. The van der Waals surface area contributed by atoms with E-state index in [2.05, 4.69) is 20.8 Å². The number of fused-ring (bicyclic) bond motifs is 1. The number of hydrazone groups is 1. The molecule has 2 N–H and O–H groups in total. The first-order valence-electron chi connectivity index (χ1n) is 7.12. The van der Waals surface area contributed by atoms with E-state index < -0.39 is 10.8 Å². The summed E-state index contributed by atoms with van der Waals surface area (Å²) in [6.45, 7) is -0.0984. The molecule has 0 saturated carbocycles. The molecule has 0 spiro atoms. The van der Waals surface area contributed by atoms with Gasteiger partial charge in [0, 0.05) is 17.7 Å². The van der Waals surface area contributed by atoms with Crippen LogP contribution in [0.2, 0.25) is 0 Å². The van der Waals surface area contributed by atoms with Crippen LogP contribution in [0.3, 0.4) is 0 Å². The lowest BCUT2D eigenvalue weighted by atomic mass is 10.2. The largest absolute Gasteiger partial charge is 0.507 e. The lowest BCUT2D eigenvalue weighted by Gasteiger charge is -2.02. The average molecular weight is 340 g/mol. The number of phenolic OH excluding ortho intramolecular Hbond substituents is 1. The summed E-state index contributed by atoms with van der Waals surface area (Å²) in [5.74, 6) is -0.650. The van der Waals surface area contributed by atoms with Crippen molar-refractivity contribution in [1.29, 1.82) is 0 Å². The lowest BCUT2D eigenvalue weighted by Crippen LogP contribution is -2.23. The number of para-hydroxylation sites is 1. The summed E-state index contributed by atoms with van der Waals surface area (Å²) in [6.07, 6.45) is 1.12. The van der Waals surface area contributed by atoms with Crippen LogP contribution in [-0.4, -0.2) is 37.1 Å². The number of hydrogen-bond acceptors (Lipinski definition) is 7. The Morgan fingerprint density at radius 3 is 2.96 bits per heavy atom. The minimum absolute atomic E-state index is 0.0984. The Bertz CT molecular complexity index is 981. The summed E-state index contributed by atoms with van der Waals surface area (Å²) >= 11 is 0. The molecule has 0 atom stereocenters. The predicted octanol–water partition coefficient (Wildman–Crippen LogP) is 1.20. The monoisotopic (exact) mass is 340 g/mol. The Labute approximate surface area is 140 Å². The highest BCUT2D eigenvalue weighted by Crippen LogP contribution is 2.21. The molecule has 0 radical (unpaired) electrons. The van der Waals surface area contributed by atoms with E-state index in [1.807, 2.05) is 12.1 Å². The van der Waals surface area contributed by atoms with E-state index in [0.29, 0.717) is 11.0 Å². The van der Waals surface area contributed by atoms with E-state index in [1.54, 1.807) is 12.1 Å². The second-order valence-corrected chi connectivity index (χ2v) is 5.03.